The number of carbonyl (C=O) groups is 8. The van der Waals surface area contributed by atoms with Crippen molar-refractivity contribution >= 4 is 47.8 Å². The predicted octanol–water partition coefficient (Wildman–Crippen LogP) is 2.49. The summed E-state index contributed by atoms with van der Waals surface area (Å²) in [7, 11) is 0. The highest BCUT2D eigenvalue weighted by Gasteiger charge is 2.53. The lowest BCUT2D eigenvalue weighted by Crippen LogP contribution is -2.41. The van der Waals surface area contributed by atoms with Gasteiger partial charge in [0.2, 0.25) is 0 Å². The van der Waals surface area contributed by atoms with Gasteiger partial charge in [-0.1, -0.05) is 25.0 Å². The van der Waals surface area contributed by atoms with Crippen LogP contribution in [0.3, 0.4) is 0 Å². The smallest absolute Gasteiger partial charge is 0.307 e. The fourth-order valence-electron chi connectivity index (χ4n) is 10.4. The van der Waals surface area contributed by atoms with Crippen molar-refractivity contribution in [3.05, 3.63) is 57.6 Å². The molecule has 5 rings (SSSR count). The van der Waals surface area contributed by atoms with Crippen LogP contribution in [0.1, 0.15) is 97.3 Å². The van der Waals surface area contributed by atoms with Gasteiger partial charge in [0.15, 0.2) is 0 Å². The number of allylic oxidation sites excluding steroid dienone is 3. The molecular weight excluding hydrogens is 816 g/mol. The molecule has 0 aromatic rings. The molecule has 0 aromatic heterocycles. The fourth-order valence-corrected chi connectivity index (χ4v) is 10.4. The Morgan fingerprint density at radius 3 is 1.48 bits per heavy atom. The second-order valence-corrected chi connectivity index (χ2v) is 17.2. The van der Waals surface area contributed by atoms with Gasteiger partial charge in [0, 0.05) is 89.7 Å². The average molecular weight is 871 g/mol. The second-order valence-electron chi connectivity index (χ2n) is 17.2. The van der Waals surface area contributed by atoms with Gasteiger partial charge in [0.1, 0.15) is 0 Å². The Labute approximate surface area is 355 Å². The number of fused-ring (bicyclic) bond motifs is 8. The molecule has 5 heterocycles. The van der Waals surface area contributed by atoms with Crippen molar-refractivity contribution in [2.24, 2.45) is 22.7 Å². The number of carboxylic acid groups (broad SMARTS) is 8. The van der Waals surface area contributed by atoms with Crippen LogP contribution in [0.25, 0.3) is 0 Å². The zero-order valence-corrected chi connectivity index (χ0v) is 34.3. The van der Waals surface area contributed by atoms with Gasteiger partial charge in [0.25, 0.3) is 0 Å². The Bertz CT molecular complexity index is 2070. The van der Waals surface area contributed by atoms with E-state index in [4.69, 9.17) is 0 Å². The minimum atomic E-state index is -1.35. The third-order valence-electron chi connectivity index (χ3n) is 13.2. The van der Waals surface area contributed by atoms with E-state index in [1.807, 2.05) is 0 Å². The molecule has 12 N–H and O–H groups in total. The number of nitrogens with one attached hydrogen (secondary N) is 4. The van der Waals surface area contributed by atoms with Crippen molar-refractivity contribution in [3.63, 3.8) is 0 Å². The molecule has 8 bridgehead atoms. The maximum absolute atomic E-state index is 12.6. The Balaban J connectivity index is 1.86. The minimum Gasteiger partial charge on any atom is -0.481 e. The first-order valence-corrected chi connectivity index (χ1v) is 20.4. The molecule has 20 heteroatoms. The number of hydrogen-bond donors (Lipinski definition) is 12. The van der Waals surface area contributed by atoms with Crippen LogP contribution >= 0.6 is 0 Å². The van der Waals surface area contributed by atoms with Gasteiger partial charge >= 0.3 is 47.8 Å². The molecule has 0 amide bonds. The van der Waals surface area contributed by atoms with E-state index in [0.717, 1.165) is 0 Å². The molecule has 0 aliphatic carbocycles. The number of carboxylic acids is 8. The van der Waals surface area contributed by atoms with Gasteiger partial charge in [-0.3, -0.25) is 38.4 Å². The van der Waals surface area contributed by atoms with E-state index in [-0.39, 0.29) is 57.8 Å². The third-order valence-corrected chi connectivity index (χ3v) is 13.2. The predicted molar refractivity (Wildman–Crippen MR) is 214 cm³/mol. The molecule has 2 fully saturated rings. The lowest BCUT2D eigenvalue weighted by atomic mass is 9.68. The standard InChI is InChI=1S/C42H54N4O16/c1-41(17-39(59)60)23(5-9-35(51)52)29-14-27-21(11-37(55)56)19(3-7-33(47)48)25(43-27)13-26-20(4-8-34(49)50)22(12-38(57)58)28(44-26)15-31-42(2,18-40(61)62)24(6-10-36(53)54)30(46-31)16-32(41)45-29/h14-16,23-28,30,43-46H,3-13,17-18H2,1-2H3,(H,47,48)(H,49,50)(H,51,52)(H,53,54)(H,55,56)(H,57,58)(H,59,60)(H,61,62)/b29-14-,31-15-,32-16-/t23-,24-,25-,26+,27-,28+,30?,41+,42+/m1/s1. The Morgan fingerprint density at radius 2 is 1.02 bits per heavy atom. The molecule has 2 saturated heterocycles. The maximum atomic E-state index is 12.6. The number of rotatable bonds is 20. The highest BCUT2D eigenvalue weighted by atomic mass is 16.4. The molecule has 0 spiro atoms. The van der Waals surface area contributed by atoms with E-state index < -0.39 is 126 Å². The minimum absolute atomic E-state index is 0.0525. The largest absolute Gasteiger partial charge is 0.481 e. The molecule has 0 saturated carbocycles. The van der Waals surface area contributed by atoms with Gasteiger partial charge in [0.05, 0.1) is 25.7 Å². The number of hydrogen-bond acceptors (Lipinski definition) is 12. The summed E-state index contributed by atoms with van der Waals surface area (Å²) >= 11 is 0. The normalized spacial score (nSPS) is 32.7. The Kier molecular flexibility index (Phi) is 14.4. The fraction of sp³-hybridized carbons (Fsp3) is 0.571. The van der Waals surface area contributed by atoms with Gasteiger partial charge in [-0.15, -0.1) is 0 Å². The molecule has 5 aliphatic rings. The first-order chi connectivity index (χ1) is 29.0. The lowest BCUT2D eigenvalue weighted by molar-refractivity contribution is -0.141. The number of aliphatic carboxylic acids is 8. The van der Waals surface area contributed by atoms with Crippen LogP contribution < -0.4 is 21.3 Å². The van der Waals surface area contributed by atoms with Crippen LogP contribution in [0, 0.1) is 22.7 Å². The summed E-state index contributed by atoms with van der Waals surface area (Å²) < 4.78 is 0. The van der Waals surface area contributed by atoms with E-state index in [1.54, 1.807) is 32.1 Å². The summed E-state index contributed by atoms with van der Waals surface area (Å²) in [6, 6.07) is -4.26. The van der Waals surface area contributed by atoms with Crippen molar-refractivity contribution in [2.45, 2.75) is 128 Å². The van der Waals surface area contributed by atoms with Crippen molar-refractivity contribution < 1.29 is 79.2 Å². The van der Waals surface area contributed by atoms with Crippen molar-refractivity contribution in [1.82, 2.24) is 21.3 Å². The SMILES string of the molecule is C[C@@]1(CC(=O)O)/C2=C/C3N/C(=C\[C@@H]4N[C@@H](C[C@H]5N[C@H](/C=C(\N2)[C@H]1CCC(=O)O)C(CC(=O)O)=C5CCC(=O)O)C(CCC(=O)O)=C4CC(=O)O)[C@@](C)(CC(=O)O)[C@@H]3CCC(=O)O. The molecule has 0 radical (unpaired) electrons. The Morgan fingerprint density at radius 1 is 0.548 bits per heavy atom. The molecular formula is C42H54N4O16. The van der Waals surface area contributed by atoms with Gasteiger partial charge in [-0.25, -0.2) is 0 Å². The zero-order valence-electron chi connectivity index (χ0n) is 34.3. The van der Waals surface area contributed by atoms with Crippen molar-refractivity contribution in [1.29, 1.82) is 0 Å². The zero-order chi connectivity index (χ0) is 45.8. The highest BCUT2D eigenvalue weighted by Crippen LogP contribution is 2.53. The van der Waals surface area contributed by atoms with Crippen LogP contribution in [-0.2, 0) is 38.4 Å². The van der Waals surface area contributed by atoms with E-state index in [1.165, 1.54) is 0 Å². The summed E-state index contributed by atoms with van der Waals surface area (Å²) in [6.07, 6.45) is 0.976. The summed E-state index contributed by atoms with van der Waals surface area (Å²) in [5, 5.41) is 93.6. The quantitative estimate of drug-likeness (QED) is 0.0782. The summed E-state index contributed by atoms with van der Waals surface area (Å²) in [5.41, 5.74) is -0.224. The monoisotopic (exact) mass is 870 g/mol. The van der Waals surface area contributed by atoms with Crippen LogP contribution in [0.15, 0.2) is 57.6 Å². The third kappa shape index (κ3) is 10.5. The topological polar surface area (TPSA) is 347 Å². The molecule has 338 valence electrons. The average Bonchev–Trinajstić information content (AvgIpc) is 3.77. The van der Waals surface area contributed by atoms with Gasteiger partial charge in [-0.2, -0.15) is 0 Å². The molecule has 9 atom stereocenters. The van der Waals surface area contributed by atoms with Crippen LogP contribution in [0.4, 0.5) is 0 Å². The molecule has 5 aliphatic heterocycles. The van der Waals surface area contributed by atoms with E-state index in [9.17, 15) is 79.2 Å². The second kappa shape index (κ2) is 18.9. The maximum Gasteiger partial charge on any atom is 0.307 e. The van der Waals surface area contributed by atoms with Crippen molar-refractivity contribution in [2.75, 3.05) is 0 Å². The van der Waals surface area contributed by atoms with Crippen LogP contribution in [0.2, 0.25) is 0 Å². The van der Waals surface area contributed by atoms with Gasteiger partial charge in [-0.05, 0) is 67.4 Å². The van der Waals surface area contributed by atoms with E-state index in [2.05, 4.69) is 21.3 Å². The van der Waals surface area contributed by atoms with Gasteiger partial charge < -0.3 is 62.1 Å². The summed E-state index contributed by atoms with van der Waals surface area (Å²) in [5.74, 6) is -11.2. The molecule has 20 nitrogen and oxygen atoms in total. The first-order valence-electron chi connectivity index (χ1n) is 20.4. The van der Waals surface area contributed by atoms with E-state index in [0.29, 0.717) is 39.4 Å². The lowest BCUT2D eigenvalue weighted by Gasteiger charge is -2.33. The molecule has 0 aromatic carbocycles. The summed E-state index contributed by atoms with van der Waals surface area (Å²) in [4.78, 5) is 98.2. The highest BCUT2D eigenvalue weighted by molar-refractivity contribution is 5.74. The van der Waals surface area contributed by atoms with Crippen LogP contribution in [-0.4, -0.2) is 119 Å². The Hall–Kier alpha value is -6.02. The molecule has 1 unspecified atom stereocenters. The van der Waals surface area contributed by atoms with Crippen molar-refractivity contribution in [3.8, 4) is 0 Å². The summed E-state index contributed by atoms with van der Waals surface area (Å²) in [6.45, 7) is 3.28. The van der Waals surface area contributed by atoms with Crippen LogP contribution in [0.5, 0.6) is 0 Å². The molecule has 62 heavy (non-hydrogen) atoms. The first kappa shape index (κ1) is 47.0. The van der Waals surface area contributed by atoms with E-state index >= 15 is 0 Å².